The van der Waals surface area contributed by atoms with Crippen LogP contribution in [0.1, 0.15) is 49.9 Å². The lowest BCUT2D eigenvalue weighted by molar-refractivity contribution is -0.137. The predicted molar refractivity (Wildman–Crippen MR) is 103 cm³/mol. The number of hydrogen-bond donors (Lipinski definition) is 1. The molecule has 1 atom stereocenters. The van der Waals surface area contributed by atoms with Crippen molar-refractivity contribution >= 4 is 0 Å². The van der Waals surface area contributed by atoms with Gasteiger partial charge < -0.3 is 10.1 Å². The molecule has 1 aromatic heterocycles. The first kappa shape index (κ1) is 20.8. The van der Waals surface area contributed by atoms with Gasteiger partial charge in [0.15, 0.2) is 0 Å². The largest absolute Gasteiger partial charge is 0.416 e. The Labute approximate surface area is 164 Å². The Morgan fingerprint density at radius 1 is 1.14 bits per heavy atom. The third kappa shape index (κ3) is 5.11. The fourth-order valence-corrected chi connectivity index (χ4v) is 4.15. The molecule has 1 aliphatic heterocycles. The smallest absolute Gasteiger partial charge is 0.376 e. The Balaban J connectivity index is 1.78. The molecule has 6 heteroatoms. The van der Waals surface area contributed by atoms with Gasteiger partial charge in [-0.2, -0.15) is 13.2 Å². The van der Waals surface area contributed by atoms with Gasteiger partial charge in [-0.05, 0) is 63.4 Å². The van der Waals surface area contributed by atoms with Gasteiger partial charge in [-0.1, -0.05) is 24.3 Å². The van der Waals surface area contributed by atoms with Gasteiger partial charge >= 0.3 is 6.18 Å². The van der Waals surface area contributed by atoms with Gasteiger partial charge in [0.1, 0.15) is 0 Å². The van der Waals surface area contributed by atoms with Crippen molar-refractivity contribution in [2.24, 2.45) is 0 Å². The molecule has 1 aromatic carbocycles. The molecule has 3 nitrogen and oxygen atoms in total. The summed E-state index contributed by atoms with van der Waals surface area (Å²) in [5.41, 5.74) is 0.393. The van der Waals surface area contributed by atoms with Crippen molar-refractivity contribution in [2.75, 3.05) is 13.2 Å². The van der Waals surface area contributed by atoms with E-state index in [0.717, 1.165) is 23.7 Å². The molecule has 0 saturated carbocycles. The van der Waals surface area contributed by atoms with Crippen LogP contribution in [0.2, 0.25) is 0 Å². The van der Waals surface area contributed by atoms with E-state index in [0.29, 0.717) is 32.5 Å². The molecule has 1 fully saturated rings. The lowest BCUT2D eigenvalue weighted by atomic mass is 9.67. The van der Waals surface area contributed by atoms with Crippen LogP contribution in [0.15, 0.2) is 48.7 Å². The minimum atomic E-state index is -4.34. The number of rotatable bonds is 6. The minimum absolute atomic E-state index is 0.347. The molecule has 2 aromatic rings. The van der Waals surface area contributed by atoms with E-state index < -0.39 is 11.7 Å². The molecule has 0 radical (unpaired) electrons. The van der Waals surface area contributed by atoms with Crippen LogP contribution in [-0.2, 0) is 22.9 Å². The maximum Gasteiger partial charge on any atom is 0.416 e. The number of benzene rings is 1. The van der Waals surface area contributed by atoms with Crippen LogP contribution >= 0.6 is 0 Å². The van der Waals surface area contributed by atoms with E-state index in [4.69, 9.17) is 4.74 Å². The summed E-state index contributed by atoms with van der Waals surface area (Å²) in [7, 11) is 0. The predicted octanol–water partition coefficient (Wildman–Crippen LogP) is 5.11. The third-order valence-corrected chi connectivity index (χ3v) is 5.45. The molecular weight excluding hydrogens is 365 g/mol. The molecular formula is C22H27F3N2O. The second-order valence-electron chi connectivity index (χ2n) is 8.14. The van der Waals surface area contributed by atoms with Crippen molar-refractivity contribution in [3.05, 3.63) is 65.5 Å². The highest BCUT2D eigenvalue weighted by Crippen LogP contribution is 2.45. The number of aromatic nitrogens is 1. The van der Waals surface area contributed by atoms with Crippen LogP contribution in [0.3, 0.4) is 0 Å². The highest BCUT2D eigenvalue weighted by atomic mass is 19.4. The summed E-state index contributed by atoms with van der Waals surface area (Å²) in [6.07, 6.45) is -0.444. The third-order valence-electron chi connectivity index (χ3n) is 5.45. The summed E-state index contributed by atoms with van der Waals surface area (Å²) in [6, 6.07) is 11.6. The number of pyridine rings is 1. The molecule has 1 unspecified atom stereocenters. The molecule has 1 aliphatic rings. The van der Waals surface area contributed by atoms with Gasteiger partial charge in [-0.25, -0.2) is 0 Å². The van der Waals surface area contributed by atoms with Crippen LogP contribution in [-0.4, -0.2) is 23.7 Å². The van der Waals surface area contributed by atoms with Crippen molar-refractivity contribution in [2.45, 2.75) is 56.8 Å². The number of alkyl halides is 3. The van der Waals surface area contributed by atoms with Gasteiger partial charge in [-0.15, -0.1) is 0 Å². The van der Waals surface area contributed by atoms with E-state index in [9.17, 15) is 13.2 Å². The average molecular weight is 392 g/mol. The van der Waals surface area contributed by atoms with Crippen molar-refractivity contribution in [3.63, 3.8) is 0 Å². The minimum Gasteiger partial charge on any atom is -0.376 e. The van der Waals surface area contributed by atoms with Crippen LogP contribution in [0.5, 0.6) is 0 Å². The molecule has 0 bridgehead atoms. The standard InChI is InChI=1S/C22H27F3N2O/c1-20(2)16-21(10-13-28-20,9-12-26-15-19-8-3-4-11-27-19)17-6-5-7-18(14-17)22(23,24)25/h3-8,11,14,26H,9-10,12-13,15-16H2,1-2H3. The zero-order chi connectivity index (χ0) is 20.3. The monoisotopic (exact) mass is 392 g/mol. The van der Waals surface area contributed by atoms with Crippen LogP contribution in [0.4, 0.5) is 13.2 Å². The molecule has 1 saturated heterocycles. The maximum absolute atomic E-state index is 13.3. The lowest BCUT2D eigenvalue weighted by Gasteiger charge is -2.45. The van der Waals surface area contributed by atoms with Gasteiger partial charge in [0.05, 0.1) is 16.9 Å². The van der Waals surface area contributed by atoms with Crippen LogP contribution < -0.4 is 5.32 Å². The molecule has 0 amide bonds. The quantitative estimate of drug-likeness (QED) is 0.694. The topological polar surface area (TPSA) is 34.2 Å². The highest BCUT2D eigenvalue weighted by molar-refractivity contribution is 5.33. The van der Waals surface area contributed by atoms with Gasteiger partial charge in [0.25, 0.3) is 0 Å². The highest BCUT2D eigenvalue weighted by Gasteiger charge is 2.42. The molecule has 0 spiro atoms. The first-order valence-corrected chi connectivity index (χ1v) is 9.63. The molecule has 1 N–H and O–H groups in total. The summed E-state index contributed by atoms with van der Waals surface area (Å²) >= 11 is 0. The number of nitrogens with one attached hydrogen (secondary N) is 1. The molecule has 152 valence electrons. The second kappa shape index (κ2) is 8.21. The fourth-order valence-electron chi connectivity index (χ4n) is 4.15. The van der Waals surface area contributed by atoms with E-state index in [1.807, 2.05) is 38.1 Å². The Hall–Kier alpha value is -1.92. The Kier molecular flexibility index (Phi) is 6.10. The van der Waals surface area contributed by atoms with E-state index in [-0.39, 0.29) is 11.0 Å². The van der Waals surface area contributed by atoms with E-state index in [1.54, 1.807) is 6.20 Å². The second-order valence-corrected chi connectivity index (χ2v) is 8.14. The fraction of sp³-hybridized carbons (Fsp3) is 0.500. The van der Waals surface area contributed by atoms with Crippen LogP contribution in [0, 0.1) is 0 Å². The molecule has 2 heterocycles. The summed E-state index contributed by atoms with van der Waals surface area (Å²) < 4.78 is 45.6. The maximum atomic E-state index is 13.3. The first-order chi connectivity index (χ1) is 13.2. The first-order valence-electron chi connectivity index (χ1n) is 9.63. The average Bonchev–Trinajstić information content (AvgIpc) is 2.65. The zero-order valence-electron chi connectivity index (χ0n) is 16.4. The SMILES string of the molecule is CC1(C)CC(CCNCc2ccccn2)(c2cccc(C(F)(F)F)c2)CCO1. The summed E-state index contributed by atoms with van der Waals surface area (Å²) in [5, 5.41) is 3.39. The van der Waals surface area contributed by atoms with Gasteiger partial charge in [0, 0.05) is 24.8 Å². The summed E-state index contributed by atoms with van der Waals surface area (Å²) in [5.74, 6) is 0. The Bertz CT molecular complexity index is 777. The lowest BCUT2D eigenvalue weighted by Crippen LogP contribution is -2.45. The van der Waals surface area contributed by atoms with Crippen molar-refractivity contribution in [3.8, 4) is 0 Å². The number of halogens is 3. The van der Waals surface area contributed by atoms with Gasteiger partial charge in [0.2, 0.25) is 0 Å². The number of hydrogen-bond acceptors (Lipinski definition) is 3. The Morgan fingerprint density at radius 3 is 2.64 bits per heavy atom. The summed E-state index contributed by atoms with van der Waals surface area (Å²) in [6.45, 7) is 5.90. The zero-order valence-corrected chi connectivity index (χ0v) is 16.4. The van der Waals surface area contributed by atoms with Crippen molar-refractivity contribution in [1.82, 2.24) is 10.3 Å². The normalized spacial score (nSPS) is 22.2. The number of nitrogens with zero attached hydrogens (tertiary/aromatic N) is 1. The van der Waals surface area contributed by atoms with Crippen molar-refractivity contribution in [1.29, 1.82) is 0 Å². The van der Waals surface area contributed by atoms with Crippen molar-refractivity contribution < 1.29 is 17.9 Å². The molecule has 28 heavy (non-hydrogen) atoms. The van der Waals surface area contributed by atoms with Gasteiger partial charge in [-0.3, -0.25) is 4.98 Å². The van der Waals surface area contributed by atoms with E-state index in [1.165, 1.54) is 12.1 Å². The van der Waals surface area contributed by atoms with E-state index in [2.05, 4.69) is 10.3 Å². The molecule has 0 aliphatic carbocycles. The molecule has 3 rings (SSSR count). The van der Waals surface area contributed by atoms with Crippen LogP contribution in [0.25, 0.3) is 0 Å². The summed E-state index contributed by atoms with van der Waals surface area (Å²) in [4.78, 5) is 4.29. The Morgan fingerprint density at radius 2 is 1.96 bits per heavy atom. The van der Waals surface area contributed by atoms with E-state index >= 15 is 0 Å². The number of ether oxygens (including phenoxy) is 1.